The van der Waals surface area contributed by atoms with Crippen LogP contribution in [0, 0.1) is 33.6 Å². The highest BCUT2D eigenvalue weighted by Gasteiger charge is 2.46. The van der Waals surface area contributed by atoms with Crippen molar-refractivity contribution < 1.29 is 0 Å². The average Bonchev–Trinajstić information content (AvgIpc) is 3.61. The van der Waals surface area contributed by atoms with Gasteiger partial charge in [0.05, 0.1) is 5.41 Å². The summed E-state index contributed by atoms with van der Waals surface area (Å²) in [6.45, 7) is 9.14. The van der Waals surface area contributed by atoms with Gasteiger partial charge in [-0.3, -0.25) is 0 Å². The lowest BCUT2D eigenvalue weighted by molar-refractivity contribution is 0.521. The smallest absolute Gasteiger partial charge is 0.0554 e. The molecule has 0 bridgehead atoms. The van der Waals surface area contributed by atoms with Crippen LogP contribution in [0.5, 0.6) is 0 Å². The highest BCUT2D eigenvalue weighted by Crippen LogP contribution is 2.54. The molecule has 4 aromatic carbocycles. The third kappa shape index (κ3) is 4.23. The van der Waals surface area contributed by atoms with Gasteiger partial charge in [0.15, 0.2) is 0 Å². The number of nitrogens with zero attached hydrogens (tertiary/aromatic N) is 2. The van der Waals surface area contributed by atoms with E-state index in [0.29, 0.717) is 0 Å². The first-order chi connectivity index (χ1) is 19.6. The van der Waals surface area contributed by atoms with Gasteiger partial charge in [-0.25, -0.2) is 0 Å². The Morgan fingerprint density at radius 3 is 1.61 bits per heavy atom. The standard InChI is InChI=1S/C39H42N2/c1-25-21-29-24-37-36(35(29)22-26(25)2)23-27(3)28(4)38(37)39(30-11-9-10-12-30,31-13-17-33(18-14-31)40(5)6)32-15-19-34(20-16-32)41(7)8/h9-23,30H,24H2,1-8H3. The first-order valence-electron chi connectivity index (χ1n) is 14.8. The van der Waals surface area contributed by atoms with E-state index >= 15 is 0 Å². The molecule has 0 spiro atoms. The van der Waals surface area contributed by atoms with Crippen LogP contribution in [-0.4, -0.2) is 28.2 Å². The fourth-order valence-electron chi connectivity index (χ4n) is 7.16. The summed E-state index contributed by atoms with van der Waals surface area (Å²) in [6, 6.07) is 25.9. The van der Waals surface area contributed by atoms with Gasteiger partial charge in [0.2, 0.25) is 0 Å². The summed E-state index contributed by atoms with van der Waals surface area (Å²) in [5.41, 5.74) is 17.4. The Kier molecular flexibility index (Phi) is 6.69. The molecule has 0 saturated heterocycles. The Morgan fingerprint density at radius 2 is 1.10 bits per heavy atom. The Morgan fingerprint density at radius 1 is 0.610 bits per heavy atom. The molecule has 0 atom stereocenters. The molecule has 0 radical (unpaired) electrons. The van der Waals surface area contributed by atoms with E-state index in [4.69, 9.17) is 0 Å². The molecular weight excluding hydrogens is 496 g/mol. The first-order valence-corrected chi connectivity index (χ1v) is 14.8. The predicted octanol–water partition coefficient (Wildman–Crippen LogP) is 8.70. The molecule has 0 amide bonds. The van der Waals surface area contributed by atoms with Crippen LogP contribution in [0.1, 0.15) is 50.1 Å². The number of benzene rings is 4. The Bertz CT molecular complexity index is 1620. The Balaban J connectivity index is 1.73. The molecule has 2 heteroatoms. The topological polar surface area (TPSA) is 6.48 Å². The number of rotatable bonds is 6. The van der Waals surface area contributed by atoms with Crippen LogP contribution in [0.25, 0.3) is 11.1 Å². The lowest BCUT2D eigenvalue weighted by atomic mass is 9.59. The zero-order valence-corrected chi connectivity index (χ0v) is 25.8. The second-order valence-electron chi connectivity index (χ2n) is 12.5. The highest BCUT2D eigenvalue weighted by molar-refractivity contribution is 5.82. The fourth-order valence-corrected chi connectivity index (χ4v) is 7.16. The molecule has 0 saturated carbocycles. The van der Waals surface area contributed by atoms with Crippen molar-refractivity contribution in [3.8, 4) is 11.1 Å². The molecule has 2 nitrogen and oxygen atoms in total. The van der Waals surface area contributed by atoms with Gasteiger partial charge >= 0.3 is 0 Å². The summed E-state index contributed by atoms with van der Waals surface area (Å²) in [6.07, 6.45) is 10.2. The minimum absolute atomic E-state index is 0.190. The summed E-state index contributed by atoms with van der Waals surface area (Å²) >= 11 is 0. The second-order valence-corrected chi connectivity index (χ2v) is 12.5. The van der Waals surface area contributed by atoms with Crippen molar-refractivity contribution >= 4 is 11.4 Å². The maximum absolute atomic E-state index is 2.45. The van der Waals surface area contributed by atoms with Crippen LogP contribution in [0.3, 0.4) is 0 Å². The van der Waals surface area contributed by atoms with Crippen molar-refractivity contribution in [2.24, 2.45) is 5.92 Å². The molecule has 0 aliphatic heterocycles. The van der Waals surface area contributed by atoms with Crippen LogP contribution in [0.4, 0.5) is 11.4 Å². The number of hydrogen-bond donors (Lipinski definition) is 0. The third-order valence-corrected chi connectivity index (χ3v) is 9.65. The zero-order chi connectivity index (χ0) is 29.1. The van der Waals surface area contributed by atoms with Crippen LogP contribution in [0.15, 0.2) is 91.0 Å². The summed E-state index contributed by atoms with van der Waals surface area (Å²) < 4.78 is 0. The molecule has 0 aromatic heterocycles. The molecular formula is C39H42N2. The van der Waals surface area contributed by atoms with Gasteiger partial charge in [-0.2, -0.15) is 0 Å². The first kappa shape index (κ1) is 27.1. The van der Waals surface area contributed by atoms with E-state index in [9.17, 15) is 0 Å². The largest absolute Gasteiger partial charge is 0.378 e. The number of allylic oxidation sites excluding steroid dienone is 4. The van der Waals surface area contributed by atoms with Gasteiger partial charge in [-0.1, -0.05) is 66.8 Å². The molecule has 41 heavy (non-hydrogen) atoms. The maximum Gasteiger partial charge on any atom is 0.0554 e. The minimum atomic E-state index is -0.383. The molecule has 0 fully saturated rings. The van der Waals surface area contributed by atoms with E-state index in [1.54, 1.807) is 0 Å². The van der Waals surface area contributed by atoms with Gasteiger partial charge in [0.1, 0.15) is 0 Å². The van der Waals surface area contributed by atoms with E-state index in [2.05, 4.69) is 157 Å². The van der Waals surface area contributed by atoms with Crippen molar-refractivity contribution in [2.75, 3.05) is 38.0 Å². The van der Waals surface area contributed by atoms with Gasteiger partial charge in [0, 0.05) is 45.5 Å². The van der Waals surface area contributed by atoms with E-state index in [-0.39, 0.29) is 11.3 Å². The van der Waals surface area contributed by atoms with Crippen molar-refractivity contribution in [1.29, 1.82) is 0 Å². The lowest BCUT2D eigenvalue weighted by Gasteiger charge is -2.43. The molecule has 2 aliphatic carbocycles. The van der Waals surface area contributed by atoms with Gasteiger partial charge in [-0.15, -0.1) is 0 Å². The lowest BCUT2D eigenvalue weighted by Crippen LogP contribution is -2.38. The second kappa shape index (κ2) is 10.1. The third-order valence-electron chi connectivity index (χ3n) is 9.65. The van der Waals surface area contributed by atoms with Crippen LogP contribution >= 0.6 is 0 Å². The van der Waals surface area contributed by atoms with Crippen LogP contribution in [0.2, 0.25) is 0 Å². The normalized spacial score (nSPS) is 14.0. The van der Waals surface area contributed by atoms with Crippen LogP contribution in [-0.2, 0) is 11.8 Å². The zero-order valence-electron chi connectivity index (χ0n) is 25.8. The van der Waals surface area contributed by atoms with Crippen molar-refractivity contribution in [1.82, 2.24) is 0 Å². The number of fused-ring (bicyclic) bond motifs is 3. The summed E-state index contributed by atoms with van der Waals surface area (Å²) in [5.74, 6) is 0.190. The quantitative estimate of drug-likeness (QED) is 0.200. The van der Waals surface area contributed by atoms with Crippen molar-refractivity contribution in [3.05, 3.63) is 141 Å². The van der Waals surface area contributed by atoms with E-state index in [1.165, 1.54) is 72.6 Å². The fraction of sp³-hybridized carbons (Fsp3) is 0.282. The van der Waals surface area contributed by atoms with Crippen molar-refractivity contribution in [2.45, 2.75) is 39.5 Å². The molecule has 2 aliphatic rings. The minimum Gasteiger partial charge on any atom is -0.378 e. The molecule has 6 rings (SSSR count). The number of hydrogen-bond acceptors (Lipinski definition) is 2. The molecule has 0 unspecified atom stereocenters. The predicted molar refractivity (Wildman–Crippen MR) is 177 cm³/mol. The van der Waals surface area contributed by atoms with E-state index < -0.39 is 0 Å². The Labute approximate surface area is 246 Å². The van der Waals surface area contributed by atoms with Crippen molar-refractivity contribution in [3.63, 3.8) is 0 Å². The number of aryl methyl sites for hydroxylation is 3. The van der Waals surface area contributed by atoms with E-state index in [1.807, 2.05) is 0 Å². The highest BCUT2D eigenvalue weighted by atomic mass is 15.1. The molecule has 208 valence electrons. The molecule has 4 aromatic rings. The SMILES string of the molecule is Cc1cc2c(cc1C)-c1cc(C)c(C)c(C(c3ccc(N(C)C)cc3)(c3ccc(N(C)C)cc3)C3C=CC=C3)c1C2. The molecule has 0 heterocycles. The summed E-state index contributed by atoms with van der Waals surface area (Å²) in [5, 5.41) is 0. The Hall–Kier alpha value is -4.04. The number of anilines is 2. The van der Waals surface area contributed by atoms with Gasteiger partial charge in [0.25, 0.3) is 0 Å². The van der Waals surface area contributed by atoms with Crippen LogP contribution < -0.4 is 9.80 Å². The average molecular weight is 539 g/mol. The van der Waals surface area contributed by atoms with Gasteiger partial charge in [-0.05, 0) is 120 Å². The summed E-state index contributed by atoms with van der Waals surface area (Å²) in [7, 11) is 8.46. The monoisotopic (exact) mass is 538 g/mol. The molecule has 0 N–H and O–H groups in total. The maximum atomic E-state index is 2.45. The van der Waals surface area contributed by atoms with E-state index in [0.717, 1.165) is 6.42 Å². The summed E-state index contributed by atoms with van der Waals surface area (Å²) in [4.78, 5) is 4.37. The van der Waals surface area contributed by atoms with Gasteiger partial charge < -0.3 is 9.80 Å².